The number of benzene rings is 2. The average Bonchev–Trinajstić information content (AvgIpc) is 3.25. The number of carbonyl (C=O) groups excluding carboxylic acids is 1. The number of nitrogens with one attached hydrogen (secondary N) is 1. The SMILES string of the molecule is CCCOc1ccc(CCC(=O)N[C@H](Cn2nccn2)c2ccccc2)cc1. The van der Waals surface area contributed by atoms with Gasteiger partial charge in [0, 0.05) is 6.42 Å². The Morgan fingerprint density at radius 2 is 1.79 bits per heavy atom. The Kier molecular flexibility index (Phi) is 7.18. The number of ether oxygens (including phenoxy) is 1. The van der Waals surface area contributed by atoms with Gasteiger partial charge in [0.2, 0.25) is 5.91 Å². The van der Waals surface area contributed by atoms with Crippen molar-refractivity contribution in [3.8, 4) is 5.75 Å². The standard InChI is InChI=1S/C22H26N4O2/c1-2-16-28-20-11-8-18(9-12-20)10-13-22(27)25-21(17-26-23-14-15-24-26)19-6-4-3-5-7-19/h3-9,11-12,14-15,21H,2,10,13,16-17H2,1H3,(H,25,27)/t21-/m1/s1. The smallest absolute Gasteiger partial charge is 0.220 e. The zero-order chi connectivity index (χ0) is 19.6. The first-order valence-corrected chi connectivity index (χ1v) is 9.64. The molecule has 0 aliphatic carbocycles. The summed E-state index contributed by atoms with van der Waals surface area (Å²) in [6.45, 7) is 3.29. The minimum atomic E-state index is -0.175. The predicted molar refractivity (Wildman–Crippen MR) is 108 cm³/mol. The molecule has 3 rings (SSSR count). The van der Waals surface area contributed by atoms with E-state index in [-0.39, 0.29) is 11.9 Å². The number of rotatable bonds is 10. The van der Waals surface area contributed by atoms with Gasteiger partial charge in [-0.1, -0.05) is 49.4 Å². The Bertz CT molecular complexity index is 833. The third kappa shape index (κ3) is 5.94. The number of amides is 1. The molecule has 0 radical (unpaired) electrons. The Labute approximate surface area is 165 Å². The molecule has 1 N–H and O–H groups in total. The maximum Gasteiger partial charge on any atom is 0.220 e. The van der Waals surface area contributed by atoms with Crippen LogP contribution in [0.3, 0.4) is 0 Å². The molecule has 2 aromatic carbocycles. The van der Waals surface area contributed by atoms with E-state index in [0.717, 1.165) is 23.3 Å². The summed E-state index contributed by atoms with van der Waals surface area (Å²) in [4.78, 5) is 14.1. The second-order valence-corrected chi connectivity index (χ2v) is 6.61. The summed E-state index contributed by atoms with van der Waals surface area (Å²) < 4.78 is 5.59. The summed E-state index contributed by atoms with van der Waals surface area (Å²) in [7, 11) is 0. The maximum atomic E-state index is 12.6. The van der Waals surface area contributed by atoms with E-state index in [1.807, 2.05) is 54.6 Å². The Balaban J connectivity index is 1.56. The number of hydrogen-bond acceptors (Lipinski definition) is 4. The van der Waals surface area contributed by atoms with E-state index < -0.39 is 0 Å². The van der Waals surface area contributed by atoms with Crippen LogP contribution < -0.4 is 10.1 Å². The lowest BCUT2D eigenvalue weighted by atomic mass is 10.1. The first kappa shape index (κ1) is 19.6. The van der Waals surface area contributed by atoms with Crippen LogP contribution in [-0.2, 0) is 17.8 Å². The van der Waals surface area contributed by atoms with Gasteiger partial charge in [0.1, 0.15) is 5.75 Å². The van der Waals surface area contributed by atoms with E-state index >= 15 is 0 Å². The van der Waals surface area contributed by atoms with Gasteiger partial charge in [-0.3, -0.25) is 4.79 Å². The predicted octanol–water partition coefficient (Wildman–Crippen LogP) is 3.56. The molecule has 0 saturated carbocycles. The summed E-state index contributed by atoms with van der Waals surface area (Å²) in [5.74, 6) is 0.873. The zero-order valence-corrected chi connectivity index (χ0v) is 16.1. The van der Waals surface area contributed by atoms with Crippen molar-refractivity contribution in [2.24, 2.45) is 0 Å². The second-order valence-electron chi connectivity index (χ2n) is 6.61. The Hall–Kier alpha value is -3.15. The van der Waals surface area contributed by atoms with Crippen molar-refractivity contribution >= 4 is 5.91 Å². The number of carbonyl (C=O) groups is 1. The molecule has 0 aliphatic heterocycles. The molecular weight excluding hydrogens is 352 g/mol. The van der Waals surface area contributed by atoms with Crippen molar-refractivity contribution in [2.45, 2.75) is 38.8 Å². The highest BCUT2D eigenvalue weighted by Gasteiger charge is 2.16. The molecule has 0 spiro atoms. The number of aromatic nitrogens is 3. The largest absolute Gasteiger partial charge is 0.494 e. The molecule has 1 aromatic heterocycles. The minimum absolute atomic E-state index is 0.00678. The van der Waals surface area contributed by atoms with Crippen molar-refractivity contribution in [1.29, 1.82) is 0 Å². The summed E-state index contributed by atoms with van der Waals surface area (Å²) in [6, 6.07) is 17.7. The van der Waals surface area contributed by atoms with Crippen molar-refractivity contribution in [3.05, 3.63) is 78.1 Å². The molecule has 6 heteroatoms. The van der Waals surface area contributed by atoms with Crippen LogP contribution in [0.1, 0.15) is 36.9 Å². The van der Waals surface area contributed by atoms with E-state index in [4.69, 9.17) is 4.74 Å². The van der Waals surface area contributed by atoms with Gasteiger partial charge in [-0.2, -0.15) is 15.0 Å². The Morgan fingerprint density at radius 3 is 2.46 bits per heavy atom. The van der Waals surface area contributed by atoms with E-state index in [0.29, 0.717) is 26.0 Å². The lowest BCUT2D eigenvalue weighted by molar-refractivity contribution is -0.121. The van der Waals surface area contributed by atoms with E-state index in [2.05, 4.69) is 22.4 Å². The highest BCUT2D eigenvalue weighted by atomic mass is 16.5. The normalized spacial score (nSPS) is 11.8. The third-order valence-electron chi connectivity index (χ3n) is 4.39. The lowest BCUT2D eigenvalue weighted by Gasteiger charge is -2.19. The van der Waals surface area contributed by atoms with Gasteiger partial charge >= 0.3 is 0 Å². The lowest BCUT2D eigenvalue weighted by Crippen LogP contribution is -2.32. The molecule has 28 heavy (non-hydrogen) atoms. The van der Waals surface area contributed by atoms with E-state index in [1.165, 1.54) is 0 Å². The quantitative estimate of drug-likeness (QED) is 0.586. The fourth-order valence-corrected chi connectivity index (χ4v) is 2.92. The fourth-order valence-electron chi connectivity index (χ4n) is 2.92. The van der Waals surface area contributed by atoms with Crippen LogP contribution in [0.5, 0.6) is 5.75 Å². The Morgan fingerprint density at radius 1 is 1.07 bits per heavy atom. The maximum absolute atomic E-state index is 12.6. The number of nitrogens with zero attached hydrogens (tertiary/aromatic N) is 3. The van der Waals surface area contributed by atoms with Gasteiger partial charge < -0.3 is 10.1 Å². The highest BCUT2D eigenvalue weighted by molar-refractivity contribution is 5.76. The van der Waals surface area contributed by atoms with Crippen molar-refractivity contribution in [2.75, 3.05) is 6.61 Å². The van der Waals surface area contributed by atoms with Crippen LogP contribution in [0.25, 0.3) is 0 Å². The van der Waals surface area contributed by atoms with Crippen molar-refractivity contribution < 1.29 is 9.53 Å². The molecule has 1 heterocycles. The van der Waals surface area contributed by atoms with Gasteiger partial charge in [0.15, 0.2) is 0 Å². The van der Waals surface area contributed by atoms with Gasteiger partial charge in [-0.15, -0.1) is 0 Å². The molecule has 6 nitrogen and oxygen atoms in total. The minimum Gasteiger partial charge on any atom is -0.494 e. The molecule has 1 atom stereocenters. The first-order chi connectivity index (χ1) is 13.7. The highest BCUT2D eigenvalue weighted by Crippen LogP contribution is 2.16. The summed E-state index contributed by atoms with van der Waals surface area (Å²) in [6.07, 6.45) is 5.36. The topological polar surface area (TPSA) is 69.0 Å². The van der Waals surface area contributed by atoms with Gasteiger partial charge in [-0.25, -0.2) is 0 Å². The van der Waals surface area contributed by atoms with Crippen LogP contribution in [0, 0.1) is 0 Å². The summed E-state index contributed by atoms with van der Waals surface area (Å²) in [5, 5.41) is 11.4. The number of hydrogen-bond donors (Lipinski definition) is 1. The zero-order valence-electron chi connectivity index (χ0n) is 16.1. The average molecular weight is 378 g/mol. The molecule has 0 bridgehead atoms. The van der Waals surface area contributed by atoms with Crippen LogP contribution in [0.2, 0.25) is 0 Å². The number of aryl methyl sites for hydroxylation is 1. The van der Waals surface area contributed by atoms with Crippen LogP contribution >= 0.6 is 0 Å². The molecular formula is C22H26N4O2. The van der Waals surface area contributed by atoms with Crippen molar-refractivity contribution in [3.63, 3.8) is 0 Å². The van der Waals surface area contributed by atoms with Crippen molar-refractivity contribution in [1.82, 2.24) is 20.3 Å². The van der Waals surface area contributed by atoms with Gasteiger partial charge in [0.05, 0.1) is 31.6 Å². The second kappa shape index (κ2) is 10.3. The van der Waals surface area contributed by atoms with Crippen LogP contribution in [0.15, 0.2) is 67.0 Å². The van der Waals surface area contributed by atoms with E-state index in [1.54, 1.807) is 17.2 Å². The monoisotopic (exact) mass is 378 g/mol. The van der Waals surface area contributed by atoms with Crippen LogP contribution in [0.4, 0.5) is 0 Å². The molecule has 1 amide bonds. The molecule has 0 unspecified atom stereocenters. The first-order valence-electron chi connectivity index (χ1n) is 9.64. The van der Waals surface area contributed by atoms with Crippen LogP contribution in [-0.4, -0.2) is 27.5 Å². The van der Waals surface area contributed by atoms with E-state index in [9.17, 15) is 4.79 Å². The third-order valence-corrected chi connectivity index (χ3v) is 4.39. The molecule has 146 valence electrons. The molecule has 0 fully saturated rings. The van der Waals surface area contributed by atoms with Gasteiger partial charge in [-0.05, 0) is 36.1 Å². The molecule has 0 aliphatic rings. The molecule has 3 aromatic rings. The summed E-state index contributed by atoms with van der Waals surface area (Å²) >= 11 is 0. The fraction of sp³-hybridized carbons (Fsp3) is 0.318. The van der Waals surface area contributed by atoms with Gasteiger partial charge in [0.25, 0.3) is 0 Å². The summed E-state index contributed by atoms with van der Waals surface area (Å²) in [5.41, 5.74) is 2.15. The molecule has 0 saturated heterocycles.